The largest absolute Gasteiger partial charge is 0.344 e. The Morgan fingerprint density at radius 3 is 2.47 bits per heavy atom. The maximum Gasteiger partial charge on any atom is 0.0470 e. The minimum absolute atomic E-state index is 0.0840. The molecular formula is C38H47Br2ClN2. The van der Waals surface area contributed by atoms with Crippen LogP contribution < -0.4 is 4.90 Å². The van der Waals surface area contributed by atoms with E-state index in [2.05, 4.69) is 145 Å². The maximum atomic E-state index is 7.16. The van der Waals surface area contributed by atoms with Crippen molar-refractivity contribution in [3.8, 4) is 0 Å². The third-order valence-electron chi connectivity index (χ3n) is 8.91. The zero-order valence-electron chi connectivity index (χ0n) is 26.7. The molecule has 230 valence electrons. The number of hydrogen-bond acceptors (Lipinski definition) is 2. The molecule has 1 aliphatic carbocycles. The van der Waals surface area contributed by atoms with Gasteiger partial charge in [0.2, 0.25) is 0 Å². The highest BCUT2D eigenvalue weighted by Crippen LogP contribution is 2.49. The summed E-state index contributed by atoms with van der Waals surface area (Å²) < 4.78 is 2.22. The quantitative estimate of drug-likeness (QED) is 0.166. The van der Waals surface area contributed by atoms with E-state index in [1.807, 2.05) is 0 Å². The van der Waals surface area contributed by atoms with Gasteiger partial charge in [-0.3, -0.25) is 4.99 Å². The monoisotopic (exact) mass is 724 g/mol. The van der Waals surface area contributed by atoms with Gasteiger partial charge >= 0.3 is 0 Å². The molecule has 1 aliphatic heterocycles. The first kappa shape index (κ1) is 34.0. The van der Waals surface area contributed by atoms with Gasteiger partial charge in [-0.15, -0.1) is 0 Å². The van der Waals surface area contributed by atoms with Crippen LogP contribution in [0, 0.1) is 0 Å². The van der Waals surface area contributed by atoms with Gasteiger partial charge in [0.05, 0.1) is 0 Å². The molecule has 0 bridgehead atoms. The standard InChI is InChI=1S/C38H47Br2ClN2/c1-7-9-23-42-34(37(3,4)29-15-12-16-30(39)25-29)21-17-27-13-11-14-28(36(27)41)18-22-35-38(5,6)32-26-31(40)19-20-33(32)43(35)24-10-8-2/h12,15-22,25-26H,7-11,13-14,23-24H2,1-6H3/b21-17+,28-18+,35-22+,42-34+. The normalized spacial score (nSPS) is 19.3. The van der Waals surface area contributed by atoms with Crippen molar-refractivity contribution in [3.63, 3.8) is 0 Å². The van der Waals surface area contributed by atoms with Crippen LogP contribution in [0.2, 0.25) is 0 Å². The predicted molar refractivity (Wildman–Crippen MR) is 196 cm³/mol. The lowest BCUT2D eigenvalue weighted by molar-refractivity contribution is 0.624. The van der Waals surface area contributed by atoms with Gasteiger partial charge in [-0.2, -0.15) is 0 Å². The van der Waals surface area contributed by atoms with Crippen molar-refractivity contribution in [1.82, 2.24) is 0 Å². The number of rotatable bonds is 11. The number of anilines is 1. The second kappa shape index (κ2) is 14.9. The van der Waals surface area contributed by atoms with E-state index in [9.17, 15) is 0 Å². The summed E-state index contributed by atoms with van der Waals surface area (Å²) >= 11 is 14.5. The van der Waals surface area contributed by atoms with Crippen LogP contribution in [0.15, 0.2) is 103 Å². The molecule has 0 saturated carbocycles. The highest BCUT2D eigenvalue weighted by atomic mass is 79.9. The van der Waals surface area contributed by atoms with E-state index in [1.54, 1.807) is 0 Å². The van der Waals surface area contributed by atoms with Crippen molar-refractivity contribution in [1.29, 1.82) is 0 Å². The fourth-order valence-corrected chi connectivity index (χ4v) is 7.19. The van der Waals surface area contributed by atoms with Gasteiger partial charge in [0.1, 0.15) is 0 Å². The lowest BCUT2D eigenvalue weighted by atomic mass is 9.79. The van der Waals surface area contributed by atoms with E-state index in [1.165, 1.54) is 40.1 Å². The fourth-order valence-electron chi connectivity index (χ4n) is 6.11. The van der Waals surface area contributed by atoms with Crippen molar-refractivity contribution in [2.75, 3.05) is 18.0 Å². The Hall–Kier alpha value is -1.88. The summed E-state index contributed by atoms with van der Waals surface area (Å²) in [5.41, 5.74) is 8.50. The van der Waals surface area contributed by atoms with Gasteiger partial charge in [-0.25, -0.2) is 0 Å². The van der Waals surface area contributed by atoms with E-state index in [4.69, 9.17) is 16.6 Å². The molecule has 4 rings (SSSR count). The molecule has 0 atom stereocenters. The first-order valence-electron chi connectivity index (χ1n) is 15.9. The highest BCUT2D eigenvalue weighted by molar-refractivity contribution is 9.10. The van der Waals surface area contributed by atoms with Crippen LogP contribution in [-0.4, -0.2) is 18.8 Å². The molecule has 1 heterocycles. The number of allylic oxidation sites excluding steroid dienone is 8. The Balaban J connectivity index is 1.68. The summed E-state index contributed by atoms with van der Waals surface area (Å²) in [5.74, 6) is 0. The van der Waals surface area contributed by atoms with Crippen molar-refractivity contribution >= 4 is 54.9 Å². The van der Waals surface area contributed by atoms with Gasteiger partial charge in [0, 0.05) is 55.0 Å². The fraction of sp³-hybridized carbons (Fsp3) is 0.447. The van der Waals surface area contributed by atoms with Crippen molar-refractivity contribution in [2.24, 2.45) is 4.99 Å². The number of unbranched alkanes of at least 4 members (excludes halogenated alkanes) is 2. The molecule has 2 nitrogen and oxygen atoms in total. The zero-order chi connectivity index (χ0) is 31.2. The Morgan fingerprint density at radius 2 is 1.74 bits per heavy atom. The zero-order valence-corrected chi connectivity index (χ0v) is 30.7. The molecule has 43 heavy (non-hydrogen) atoms. The molecule has 0 unspecified atom stereocenters. The molecule has 0 amide bonds. The molecule has 0 N–H and O–H groups in total. The number of fused-ring (bicyclic) bond motifs is 1. The van der Waals surface area contributed by atoms with E-state index in [0.717, 1.165) is 71.3 Å². The van der Waals surface area contributed by atoms with Gasteiger partial charge < -0.3 is 4.90 Å². The lowest BCUT2D eigenvalue weighted by Gasteiger charge is -2.27. The van der Waals surface area contributed by atoms with Crippen molar-refractivity contribution in [2.45, 2.75) is 97.3 Å². The number of benzene rings is 2. The molecule has 0 aromatic heterocycles. The topological polar surface area (TPSA) is 15.6 Å². The molecule has 0 fully saturated rings. The summed E-state index contributed by atoms with van der Waals surface area (Å²) in [6.45, 7) is 15.5. The van der Waals surface area contributed by atoms with E-state index in [0.29, 0.717) is 0 Å². The lowest BCUT2D eigenvalue weighted by Crippen LogP contribution is -2.28. The Kier molecular flexibility index (Phi) is 11.8. The van der Waals surface area contributed by atoms with Crippen LogP contribution in [0.3, 0.4) is 0 Å². The predicted octanol–water partition coefficient (Wildman–Crippen LogP) is 12.4. The first-order valence-corrected chi connectivity index (χ1v) is 17.8. The third-order valence-corrected chi connectivity index (χ3v) is 10.4. The SMILES string of the molecule is CCCC/N=C(\C=C\C1=C(Cl)C(=C/C=C2/N(CCCC)c3ccc(Br)cc3C2(C)C)/CCC1)C(C)(C)c1cccc(Br)c1. The summed E-state index contributed by atoms with van der Waals surface area (Å²) in [6.07, 6.45) is 16.7. The minimum atomic E-state index is -0.223. The maximum absolute atomic E-state index is 7.16. The second-order valence-electron chi connectivity index (χ2n) is 12.8. The van der Waals surface area contributed by atoms with Crippen LogP contribution >= 0.6 is 43.5 Å². The Bertz CT molecular complexity index is 1460. The highest BCUT2D eigenvalue weighted by Gasteiger charge is 2.39. The molecule has 0 spiro atoms. The van der Waals surface area contributed by atoms with Gasteiger partial charge in [0.25, 0.3) is 0 Å². The van der Waals surface area contributed by atoms with Crippen molar-refractivity contribution < 1.29 is 0 Å². The molecule has 2 aromatic carbocycles. The van der Waals surface area contributed by atoms with Gasteiger partial charge in [0.15, 0.2) is 0 Å². The van der Waals surface area contributed by atoms with Gasteiger partial charge in [-0.05, 0) is 96.9 Å². The average molecular weight is 727 g/mol. The molecule has 0 saturated heterocycles. The number of aliphatic imine (C=N–C) groups is 1. The molecule has 5 heteroatoms. The number of halogens is 3. The van der Waals surface area contributed by atoms with Crippen molar-refractivity contribution in [3.05, 3.63) is 109 Å². The average Bonchev–Trinajstić information content (AvgIpc) is 3.18. The summed E-state index contributed by atoms with van der Waals surface area (Å²) in [7, 11) is 0. The van der Waals surface area contributed by atoms with Crippen LogP contribution in [-0.2, 0) is 10.8 Å². The van der Waals surface area contributed by atoms with Crippen LogP contribution in [0.1, 0.15) is 97.6 Å². The Morgan fingerprint density at radius 1 is 1.00 bits per heavy atom. The third kappa shape index (κ3) is 7.86. The van der Waals surface area contributed by atoms with E-state index >= 15 is 0 Å². The molecular weight excluding hydrogens is 680 g/mol. The van der Waals surface area contributed by atoms with E-state index < -0.39 is 0 Å². The minimum Gasteiger partial charge on any atom is -0.344 e. The van der Waals surface area contributed by atoms with Crippen LogP contribution in [0.25, 0.3) is 0 Å². The van der Waals surface area contributed by atoms with E-state index in [-0.39, 0.29) is 10.8 Å². The number of hydrogen-bond donors (Lipinski definition) is 0. The summed E-state index contributed by atoms with van der Waals surface area (Å²) in [5, 5.41) is 0.892. The molecule has 2 aliphatic rings. The summed E-state index contributed by atoms with van der Waals surface area (Å²) in [4.78, 5) is 7.62. The first-order chi connectivity index (χ1) is 20.5. The van der Waals surface area contributed by atoms with Gasteiger partial charge in [-0.1, -0.05) is 122 Å². The summed E-state index contributed by atoms with van der Waals surface area (Å²) in [6, 6.07) is 15.3. The molecule has 0 radical (unpaired) electrons. The van der Waals surface area contributed by atoms with Crippen LogP contribution in [0.5, 0.6) is 0 Å². The Labute approximate surface area is 282 Å². The molecule has 2 aromatic rings. The second-order valence-corrected chi connectivity index (χ2v) is 15.0. The van der Waals surface area contributed by atoms with Crippen LogP contribution in [0.4, 0.5) is 5.69 Å². The number of nitrogens with zero attached hydrogens (tertiary/aromatic N) is 2. The smallest absolute Gasteiger partial charge is 0.0470 e.